The number of rotatable bonds is 7. The summed E-state index contributed by atoms with van der Waals surface area (Å²) < 4.78 is 13.2. The molecule has 3 aromatic rings. The van der Waals surface area contributed by atoms with Gasteiger partial charge in [-0.15, -0.1) is 11.3 Å². The van der Waals surface area contributed by atoms with Crippen LogP contribution in [0, 0.1) is 0 Å². The minimum atomic E-state index is -0.0200. The van der Waals surface area contributed by atoms with Crippen LogP contribution in [0.3, 0.4) is 0 Å². The van der Waals surface area contributed by atoms with E-state index < -0.39 is 0 Å². The first kappa shape index (κ1) is 19.9. The van der Waals surface area contributed by atoms with Crippen molar-refractivity contribution < 1.29 is 14.3 Å². The molecule has 0 fully saturated rings. The predicted octanol–water partition coefficient (Wildman–Crippen LogP) is 6.76. The number of thiophene rings is 1. The number of methoxy groups -OCH3 is 1. The zero-order valence-electron chi connectivity index (χ0n) is 14.4. The van der Waals surface area contributed by atoms with Crippen molar-refractivity contribution in [2.45, 2.75) is 6.61 Å². The van der Waals surface area contributed by atoms with E-state index in [-0.39, 0.29) is 5.78 Å². The summed E-state index contributed by atoms with van der Waals surface area (Å²) in [7, 11) is 1.63. The van der Waals surface area contributed by atoms with Crippen LogP contribution in [0.25, 0.3) is 6.08 Å². The van der Waals surface area contributed by atoms with Crippen molar-refractivity contribution in [3.8, 4) is 11.5 Å². The number of ether oxygens (including phenoxy) is 2. The Morgan fingerprint density at radius 1 is 1.11 bits per heavy atom. The van der Waals surface area contributed by atoms with E-state index in [9.17, 15) is 4.79 Å². The monoisotopic (exact) mass is 506 g/mol. The molecule has 0 aliphatic rings. The van der Waals surface area contributed by atoms with E-state index in [1.807, 2.05) is 53.9 Å². The topological polar surface area (TPSA) is 35.5 Å². The summed E-state index contributed by atoms with van der Waals surface area (Å²) in [6.07, 6.45) is 3.39. The molecule has 6 heteroatoms. The van der Waals surface area contributed by atoms with E-state index in [1.54, 1.807) is 19.3 Å². The normalized spacial score (nSPS) is 10.9. The van der Waals surface area contributed by atoms with Crippen LogP contribution < -0.4 is 9.47 Å². The molecule has 0 aliphatic carbocycles. The summed E-state index contributed by atoms with van der Waals surface area (Å²) in [4.78, 5) is 12.9. The number of hydrogen-bond donors (Lipinski definition) is 0. The zero-order chi connectivity index (χ0) is 19.2. The Kier molecular flexibility index (Phi) is 6.88. The summed E-state index contributed by atoms with van der Waals surface area (Å²) in [5, 5.41) is 1.89. The van der Waals surface area contributed by atoms with Crippen molar-refractivity contribution >= 4 is 55.1 Å². The molecule has 3 rings (SSSR count). The number of halogens is 2. The van der Waals surface area contributed by atoms with Crippen LogP contribution in [0.15, 0.2) is 68.9 Å². The second kappa shape index (κ2) is 9.35. The van der Waals surface area contributed by atoms with E-state index in [2.05, 4.69) is 31.9 Å². The standard InChI is InChI=1S/C21H16Br2O3S/c1-25-20-8-6-14(5-7-19(24)21-11-17(23)13-27-21)9-15(20)12-26-18-4-2-3-16(22)10-18/h2-11,13H,12H2,1H3/b7-5+. The average molecular weight is 508 g/mol. The van der Waals surface area contributed by atoms with E-state index in [0.717, 1.165) is 31.6 Å². The van der Waals surface area contributed by atoms with Gasteiger partial charge in [-0.05, 0) is 64.0 Å². The Hall–Kier alpha value is -1.89. The first-order valence-electron chi connectivity index (χ1n) is 8.07. The molecule has 0 bridgehead atoms. The number of carbonyl (C=O) groups is 1. The van der Waals surface area contributed by atoms with Crippen LogP contribution in [-0.2, 0) is 6.61 Å². The zero-order valence-corrected chi connectivity index (χ0v) is 18.4. The molecule has 0 saturated carbocycles. The molecule has 138 valence electrons. The third kappa shape index (κ3) is 5.54. The highest BCUT2D eigenvalue weighted by Crippen LogP contribution is 2.25. The molecule has 0 atom stereocenters. The minimum Gasteiger partial charge on any atom is -0.496 e. The largest absolute Gasteiger partial charge is 0.496 e. The molecule has 2 aromatic carbocycles. The highest BCUT2D eigenvalue weighted by Gasteiger charge is 2.07. The number of hydrogen-bond acceptors (Lipinski definition) is 4. The number of carbonyl (C=O) groups excluding carboxylic acids is 1. The maximum absolute atomic E-state index is 12.2. The first-order valence-corrected chi connectivity index (χ1v) is 10.5. The SMILES string of the molecule is COc1ccc(/C=C/C(=O)c2cc(Br)cs2)cc1COc1cccc(Br)c1. The van der Waals surface area contributed by atoms with Crippen molar-refractivity contribution in [3.05, 3.63) is 84.9 Å². The third-order valence-corrected chi connectivity index (χ3v) is 5.93. The van der Waals surface area contributed by atoms with Crippen molar-refractivity contribution in [1.29, 1.82) is 0 Å². The lowest BCUT2D eigenvalue weighted by atomic mass is 10.1. The van der Waals surface area contributed by atoms with Gasteiger partial charge in [-0.2, -0.15) is 0 Å². The molecule has 0 unspecified atom stereocenters. The summed E-state index contributed by atoms with van der Waals surface area (Å²) >= 11 is 8.22. The fourth-order valence-electron chi connectivity index (χ4n) is 2.43. The molecule has 0 radical (unpaired) electrons. The maximum Gasteiger partial charge on any atom is 0.195 e. The van der Waals surface area contributed by atoms with Crippen LogP contribution in [0.5, 0.6) is 11.5 Å². The Morgan fingerprint density at radius 2 is 1.96 bits per heavy atom. The second-order valence-corrected chi connectivity index (χ2v) is 8.39. The quantitative estimate of drug-likeness (QED) is 0.262. The molecule has 0 saturated heterocycles. The van der Waals surface area contributed by atoms with Gasteiger partial charge >= 0.3 is 0 Å². The average Bonchev–Trinajstić information content (AvgIpc) is 3.11. The minimum absolute atomic E-state index is 0.0200. The number of allylic oxidation sites excluding steroid dienone is 1. The molecule has 0 amide bonds. The fourth-order valence-corrected chi connectivity index (χ4v) is 4.15. The highest BCUT2D eigenvalue weighted by molar-refractivity contribution is 9.10. The van der Waals surface area contributed by atoms with Crippen molar-refractivity contribution in [3.63, 3.8) is 0 Å². The Balaban J connectivity index is 1.74. The molecule has 0 N–H and O–H groups in total. The van der Waals surface area contributed by atoms with Crippen LogP contribution in [0.2, 0.25) is 0 Å². The first-order chi connectivity index (χ1) is 13.0. The molecule has 1 aromatic heterocycles. The molecular weight excluding hydrogens is 492 g/mol. The lowest BCUT2D eigenvalue weighted by Crippen LogP contribution is -1.99. The van der Waals surface area contributed by atoms with Gasteiger partial charge in [-0.1, -0.05) is 34.1 Å². The Morgan fingerprint density at radius 3 is 2.67 bits per heavy atom. The molecule has 0 spiro atoms. The third-order valence-electron chi connectivity index (χ3n) is 3.73. The van der Waals surface area contributed by atoms with E-state index >= 15 is 0 Å². The van der Waals surface area contributed by atoms with Crippen molar-refractivity contribution in [1.82, 2.24) is 0 Å². The van der Waals surface area contributed by atoms with Crippen molar-refractivity contribution in [2.75, 3.05) is 7.11 Å². The van der Waals surface area contributed by atoms with Gasteiger partial charge in [0.1, 0.15) is 18.1 Å². The van der Waals surface area contributed by atoms with Crippen LogP contribution in [0.1, 0.15) is 20.8 Å². The Labute approximate surface area is 178 Å². The molecular formula is C21H16Br2O3S. The van der Waals surface area contributed by atoms with Gasteiger partial charge in [-0.25, -0.2) is 0 Å². The van der Waals surface area contributed by atoms with Crippen LogP contribution in [-0.4, -0.2) is 12.9 Å². The molecule has 0 aliphatic heterocycles. The lowest BCUT2D eigenvalue weighted by Gasteiger charge is -2.11. The van der Waals surface area contributed by atoms with Gasteiger partial charge in [0.15, 0.2) is 5.78 Å². The van der Waals surface area contributed by atoms with Crippen LogP contribution in [0.4, 0.5) is 0 Å². The number of benzene rings is 2. The van der Waals surface area contributed by atoms with Crippen molar-refractivity contribution in [2.24, 2.45) is 0 Å². The summed E-state index contributed by atoms with van der Waals surface area (Å²) in [6, 6.07) is 15.3. The molecule has 1 heterocycles. The van der Waals surface area contributed by atoms with Gasteiger partial charge < -0.3 is 9.47 Å². The number of ketones is 1. The summed E-state index contributed by atoms with van der Waals surface area (Å²) in [6.45, 7) is 0.368. The predicted molar refractivity (Wildman–Crippen MR) is 117 cm³/mol. The second-order valence-electron chi connectivity index (χ2n) is 5.64. The summed E-state index contributed by atoms with van der Waals surface area (Å²) in [5.41, 5.74) is 1.82. The molecule has 3 nitrogen and oxygen atoms in total. The van der Waals surface area contributed by atoms with E-state index in [0.29, 0.717) is 11.5 Å². The Bertz CT molecular complexity index is 979. The van der Waals surface area contributed by atoms with Gasteiger partial charge in [0, 0.05) is 19.9 Å². The lowest BCUT2D eigenvalue weighted by molar-refractivity contribution is 0.105. The smallest absolute Gasteiger partial charge is 0.195 e. The van der Waals surface area contributed by atoms with Gasteiger partial charge in [0.25, 0.3) is 0 Å². The van der Waals surface area contributed by atoms with Gasteiger partial charge in [-0.3, -0.25) is 4.79 Å². The summed E-state index contributed by atoms with van der Waals surface area (Å²) in [5.74, 6) is 1.50. The van der Waals surface area contributed by atoms with Crippen LogP contribution >= 0.6 is 43.2 Å². The molecule has 27 heavy (non-hydrogen) atoms. The highest BCUT2D eigenvalue weighted by atomic mass is 79.9. The van der Waals surface area contributed by atoms with E-state index in [4.69, 9.17) is 9.47 Å². The van der Waals surface area contributed by atoms with E-state index in [1.165, 1.54) is 11.3 Å². The fraction of sp³-hybridized carbons (Fsp3) is 0.0952. The van der Waals surface area contributed by atoms with Gasteiger partial charge in [0.2, 0.25) is 0 Å². The maximum atomic E-state index is 12.2. The van der Waals surface area contributed by atoms with Gasteiger partial charge in [0.05, 0.1) is 12.0 Å².